The van der Waals surface area contributed by atoms with Gasteiger partial charge >= 0.3 is 0 Å². The number of carbonyl (C=O) groups is 1. The first kappa shape index (κ1) is 29.5. The lowest BCUT2D eigenvalue weighted by Gasteiger charge is -2.36. The molecule has 0 aromatic heterocycles. The van der Waals surface area contributed by atoms with Crippen molar-refractivity contribution in [3.63, 3.8) is 0 Å². The highest BCUT2D eigenvalue weighted by molar-refractivity contribution is 6.15. The van der Waals surface area contributed by atoms with Crippen molar-refractivity contribution < 1.29 is 14.3 Å². The van der Waals surface area contributed by atoms with Crippen LogP contribution in [0.2, 0.25) is 0 Å². The number of piperazine rings is 2. The lowest BCUT2D eigenvalue weighted by Crippen LogP contribution is -2.45. The van der Waals surface area contributed by atoms with Crippen molar-refractivity contribution in [2.75, 3.05) is 129 Å². The molecule has 0 aliphatic carbocycles. The maximum atomic E-state index is 14.6. The molecule has 42 heavy (non-hydrogen) atoms. The van der Waals surface area contributed by atoms with Gasteiger partial charge in [0.2, 0.25) is 0 Å². The van der Waals surface area contributed by atoms with Crippen LogP contribution >= 0.6 is 0 Å². The molecule has 0 spiro atoms. The van der Waals surface area contributed by atoms with Crippen LogP contribution in [-0.2, 0) is 22.6 Å². The van der Waals surface area contributed by atoms with E-state index in [1.165, 1.54) is 11.1 Å². The Morgan fingerprint density at radius 3 is 1.33 bits per heavy atom. The van der Waals surface area contributed by atoms with Crippen molar-refractivity contribution in [2.24, 2.45) is 0 Å². The Bertz CT molecular complexity index is 1100. The topological polar surface area (TPSA) is 55.0 Å². The number of hydrogen-bond donors (Lipinski definition) is 0. The van der Waals surface area contributed by atoms with Crippen molar-refractivity contribution in [2.45, 2.75) is 13.1 Å². The van der Waals surface area contributed by atoms with Crippen LogP contribution in [0.5, 0.6) is 0 Å². The molecule has 9 nitrogen and oxygen atoms in total. The first-order valence-electron chi connectivity index (χ1n) is 15.8. The van der Waals surface area contributed by atoms with Crippen LogP contribution in [0.15, 0.2) is 36.4 Å². The Labute approximate surface area is 251 Å². The van der Waals surface area contributed by atoms with Gasteiger partial charge < -0.3 is 29.1 Å². The lowest BCUT2D eigenvalue weighted by molar-refractivity contribution is 0.0341. The van der Waals surface area contributed by atoms with Gasteiger partial charge in [-0.05, 0) is 49.5 Å². The van der Waals surface area contributed by atoms with E-state index in [-0.39, 0.29) is 5.78 Å². The van der Waals surface area contributed by atoms with Gasteiger partial charge in [0.15, 0.2) is 5.78 Å². The quantitative estimate of drug-likeness (QED) is 0.440. The molecule has 4 aliphatic rings. The number of ether oxygens (including phenoxy) is 2. The summed E-state index contributed by atoms with van der Waals surface area (Å²) in [5.41, 5.74) is 6.34. The zero-order chi connectivity index (χ0) is 28.9. The summed E-state index contributed by atoms with van der Waals surface area (Å²) < 4.78 is 11.1. The molecule has 0 saturated carbocycles. The number of nitrogens with zero attached hydrogens (tertiary/aromatic N) is 6. The summed E-state index contributed by atoms with van der Waals surface area (Å²) in [6.07, 6.45) is 0. The number of benzene rings is 2. The molecule has 0 unspecified atom stereocenters. The molecule has 2 aromatic rings. The molecule has 2 aromatic carbocycles. The molecule has 0 atom stereocenters. The second-order valence-corrected chi connectivity index (χ2v) is 12.4. The Kier molecular flexibility index (Phi) is 9.73. The third kappa shape index (κ3) is 7.15. The number of likely N-dealkylation sites (N-methyl/N-ethyl adjacent to an activating group) is 2. The van der Waals surface area contributed by atoms with E-state index < -0.39 is 0 Å². The van der Waals surface area contributed by atoms with Crippen LogP contribution in [0.4, 0.5) is 11.4 Å². The van der Waals surface area contributed by atoms with Crippen LogP contribution in [0.3, 0.4) is 0 Å². The molecule has 228 valence electrons. The molecular formula is C33H48N6O3. The fourth-order valence-corrected chi connectivity index (χ4v) is 6.53. The van der Waals surface area contributed by atoms with Crippen LogP contribution in [-0.4, -0.2) is 144 Å². The number of rotatable bonds is 8. The monoisotopic (exact) mass is 576 g/mol. The van der Waals surface area contributed by atoms with Crippen LogP contribution < -0.4 is 9.80 Å². The molecule has 4 heterocycles. The number of carbonyl (C=O) groups excluding carboxylic acids is 1. The van der Waals surface area contributed by atoms with Gasteiger partial charge in [-0.15, -0.1) is 0 Å². The molecule has 0 radical (unpaired) electrons. The summed E-state index contributed by atoms with van der Waals surface area (Å²) in [6, 6.07) is 13.1. The van der Waals surface area contributed by atoms with Crippen molar-refractivity contribution in [1.29, 1.82) is 0 Å². The highest BCUT2D eigenvalue weighted by Gasteiger charge is 2.27. The molecular weight excluding hydrogens is 528 g/mol. The van der Waals surface area contributed by atoms with Gasteiger partial charge in [-0.25, -0.2) is 0 Å². The minimum Gasteiger partial charge on any atom is -0.379 e. The Morgan fingerprint density at radius 2 is 0.952 bits per heavy atom. The van der Waals surface area contributed by atoms with Gasteiger partial charge in [0.25, 0.3) is 0 Å². The van der Waals surface area contributed by atoms with E-state index >= 15 is 0 Å². The third-order valence-corrected chi connectivity index (χ3v) is 9.32. The molecule has 0 N–H and O–H groups in total. The summed E-state index contributed by atoms with van der Waals surface area (Å²) >= 11 is 0. The van der Waals surface area contributed by atoms with E-state index in [0.29, 0.717) is 0 Å². The predicted octanol–water partition coefficient (Wildman–Crippen LogP) is 2.09. The Balaban J connectivity index is 1.32. The first-order chi connectivity index (χ1) is 20.5. The fraction of sp³-hybridized carbons (Fsp3) is 0.606. The van der Waals surface area contributed by atoms with E-state index in [9.17, 15) is 4.79 Å². The van der Waals surface area contributed by atoms with E-state index in [1.54, 1.807) is 0 Å². The maximum Gasteiger partial charge on any atom is 0.197 e. The number of anilines is 2. The first-order valence-corrected chi connectivity index (χ1v) is 15.8. The van der Waals surface area contributed by atoms with Crippen molar-refractivity contribution in [3.8, 4) is 0 Å². The normalized spacial score (nSPS) is 22.0. The second kappa shape index (κ2) is 13.8. The molecule has 4 fully saturated rings. The molecule has 0 bridgehead atoms. The minimum atomic E-state index is 0.133. The van der Waals surface area contributed by atoms with Crippen LogP contribution in [0.25, 0.3) is 0 Å². The maximum absolute atomic E-state index is 14.6. The predicted molar refractivity (Wildman–Crippen MR) is 168 cm³/mol. The largest absolute Gasteiger partial charge is 0.379 e. The van der Waals surface area contributed by atoms with E-state index in [1.807, 2.05) is 0 Å². The van der Waals surface area contributed by atoms with E-state index in [2.05, 4.69) is 79.9 Å². The highest BCUT2D eigenvalue weighted by Crippen LogP contribution is 2.32. The fourth-order valence-electron chi connectivity index (χ4n) is 6.53. The number of hydrogen-bond acceptors (Lipinski definition) is 9. The number of morpholine rings is 2. The van der Waals surface area contributed by atoms with Crippen molar-refractivity contribution >= 4 is 17.2 Å². The third-order valence-electron chi connectivity index (χ3n) is 9.32. The summed E-state index contributed by atoms with van der Waals surface area (Å²) in [4.78, 5) is 29.1. The Hall–Kier alpha value is -2.53. The average molecular weight is 577 g/mol. The smallest absolute Gasteiger partial charge is 0.197 e. The zero-order valence-electron chi connectivity index (χ0n) is 25.6. The summed E-state index contributed by atoms with van der Waals surface area (Å²) in [5.74, 6) is 0.133. The van der Waals surface area contributed by atoms with Crippen LogP contribution in [0.1, 0.15) is 27.0 Å². The van der Waals surface area contributed by atoms with Gasteiger partial charge in [0, 0.05) is 114 Å². The molecule has 6 rings (SSSR count). The summed E-state index contributed by atoms with van der Waals surface area (Å²) in [7, 11) is 4.36. The molecule has 4 aliphatic heterocycles. The zero-order valence-corrected chi connectivity index (χ0v) is 25.6. The molecule has 4 saturated heterocycles. The Morgan fingerprint density at radius 1 is 0.571 bits per heavy atom. The van der Waals surface area contributed by atoms with Crippen molar-refractivity contribution in [1.82, 2.24) is 19.6 Å². The van der Waals surface area contributed by atoms with Gasteiger partial charge in [0.05, 0.1) is 26.4 Å². The summed E-state index contributed by atoms with van der Waals surface area (Å²) in [5, 5.41) is 0. The average Bonchev–Trinajstić information content (AvgIpc) is 3.02. The lowest BCUT2D eigenvalue weighted by atomic mass is 9.95. The van der Waals surface area contributed by atoms with Crippen LogP contribution in [0, 0.1) is 0 Å². The van der Waals surface area contributed by atoms with Gasteiger partial charge in [-0.1, -0.05) is 12.1 Å². The number of ketones is 1. The molecule has 9 heteroatoms. The highest BCUT2D eigenvalue weighted by atomic mass is 16.5. The second-order valence-electron chi connectivity index (χ2n) is 12.4. The van der Waals surface area contributed by atoms with Gasteiger partial charge in [-0.3, -0.25) is 14.6 Å². The van der Waals surface area contributed by atoms with Gasteiger partial charge in [0.1, 0.15) is 0 Å². The minimum absolute atomic E-state index is 0.133. The standard InChI is InChI=1S/C33H48N6O3/c1-34-7-11-38(12-8-34)31-23-27(25-36-15-19-41-20-16-36)3-5-29(31)33(40)30-6-4-28(26-37-17-21-42-22-18-37)24-32(30)39-13-9-35(2)10-14-39/h3-6,23-24H,7-22,25-26H2,1-2H3. The SMILES string of the molecule is CN1CCN(c2cc(CN3CCOCC3)ccc2C(=O)c2ccc(CN3CCOCC3)cc2N2CCN(C)CC2)CC1. The molecule has 0 amide bonds. The van der Waals surface area contributed by atoms with E-state index in [4.69, 9.17) is 9.47 Å². The van der Waals surface area contributed by atoms with E-state index in [0.717, 1.165) is 141 Å². The van der Waals surface area contributed by atoms with Gasteiger partial charge in [-0.2, -0.15) is 0 Å². The summed E-state index contributed by atoms with van der Waals surface area (Å²) in [6.45, 7) is 16.5. The van der Waals surface area contributed by atoms with Crippen molar-refractivity contribution in [3.05, 3.63) is 58.7 Å².